The van der Waals surface area contributed by atoms with E-state index >= 15 is 0 Å². The first-order chi connectivity index (χ1) is 7.21. The maximum Gasteiger partial charge on any atom is 0.258 e. The first kappa shape index (κ1) is 12.5. The van der Waals surface area contributed by atoms with Crippen LogP contribution in [0.3, 0.4) is 0 Å². The van der Waals surface area contributed by atoms with E-state index < -0.39 is 17.8 Å². The fourth-order valence-corrected chi connectivity index (χ4v) is 3.28. The monoisotopic (exact) mass is 253 g/mol. The van der Waals surface area contributed by atoms with Gasteiger partial charge in [0.25, 0.3) is 5.92 Å². The second-order valence-electron chi connectivity index (χ2n) is 4.98. The minimum absolute atomic E-state index is 0. The Morgan fingerprint density at radius 1 is 1.12 bits per heavy atom. The molecule has 4 atom stereocenters. The molecular weight excluding hydrogens is 236 g/mol. The molecule has 1 saturated carbocycles. The Morgan fingerprint density at radius 3 is 2.50 bits per heavy atom. The van der Waals surface area contributed by atoms with Crippen LogP contribution in [0.25, 0.3) is 0 Å². The van der Waals surface area contributed by atoms with E-state index in [2.05, 4.69) is 5.32 Å². The first-order valence-corrected chi connectivity index (χ1v) is 5.94. The van der Waals surface area contributed by atoms with Crippen LogP contribution in [0, 0.1) is 11.8 Å². The summed E-state index contributed by atoms with van der Waals surface area (Å²) in [5.74, 6) is -3.43. The topological polar surface area (TPSA) is 21.3 Å². The third kappa shape index (κ3) is 1.85. The molecular formula is C11H18ClF2NO. The van der Waals surface area contributed by atoms with Crippen molar-refractivity contribution < 1.29 is 13.5 Å². The van der Waals surface area contributed by atoms with Gasteiger partial charge in [0.1, 0.15) is 0 Å². The fourth-order valence-electron chi connectivity index (χ4n) is 3.28. The molecule has 0 radical (unpaired) electrons. The second kappa shape index (κ2) is 4.39. The highest BCUT2D eigenvalue weighted by Gasteiger charge is 2.73. The summed E-state index contributed by atoms with van der Waals surface area (Å²) in [6, 6.07) is 0.0363. The summed E-state index contributed by atoms with van der Waals surface area (Å²) in [4.78, 5) is 0. The minimum Gasteiger partial charge on any atom is -0.378 e. The first-order valence-electron chi connectivity index (χ1n) is 5.94. The Hall–Kier alpha value is 0.0700. The Kier molecular flexibility index (Phi) is 3.44. The predicted octanol–water partition coefficient (Wildman–Crippen LogP) is 2.22. The van der Waals surface area contributed by atoms with E-state index in [-0.39, 0.29) is 24.6 Å². The van der Waals surface area contributed by atoms with Crippen LogP contribution in [0.15, 0.2) is 0 Å². The highest BCUT2D eigenvalue weighted by atomic mass is 35.5. The molecule has 2 nitrogen and oxygen atoms in total. The molecule has 0 aromatic heterocycles. The van der Waals surface area contributed by atoms with E-state index in [9.17, 15) is 8.78 Å². The van der Waals surface area contributed by atoms with Crippen LogP contribution in [0.2, 0.25) is 0 Å². The van der Waals surface area contributed by atoms with Gasteiger partial charge in [-0.25, -0.2) is 8.78 Å². The number of hydrogen-bond acceptors (Lipinski definition) is 2. The molecule has 3 rings (SSSR count). The maximum absolute atomic E-state index is 13.6. The summed E-state index contributed by atoms with van der Waals surface area (Å²) in [5.41, 5.74) is 0. The number of nitrogens with one attached hydrogen (secondary N) is 1. The summed E-state index contributed by atoms with van der Waals surface area (Å²) < 4.78 is 32.7. The third-order valence-corrected chi connectivity index (χ3v) is 4.06. The van der Waals surface area contributed by atoms with E-state index in [0.717, 1.165) is 32.2 Å². The Labute approximate surface area is 101 Å². The van der Waals surface area contributed by atoms with Gasteiger partial charge in [0.05, 0.1) is 12.0 Å². The minimum atomic E-state index is -2.48. The van der Waals surface area contributed by atoms with Gasteiger partial charge in [-0.2, -0.15) is 0 Å². The van der Waals surface area contributed by atoms with Crippen LogP contribution in [0.4, 0.5) is 8.78 Å². The lowest BCUT2D eigenvalue weighted by Crippen LogP contribution is -2.27. The molecule has 94 valence electrons. The zero-order valence-electron chi connectivity index (χ0n) is 9.12. The van der Waals surface area contributed by atoms with Gasteiger partial charge in [0, 0.05) is 18.6 Å². The van der Waals surface area contributed by atoms with Gasteiger partial charge in [0.2, 0.25) is 0 Å². The van der Waals surface area contributed by atoms with Gasteiger partial charge in [-0.15, -0.1) is 12.4 Å². The highest BCUT2D eigenvalue weighted by Crippen LogP contribution is 2.61. The normalized spacial score (nSPS) is 45.4. The number of rotatable bonds is 2. The van der Waals surface area contributed by atoms with Crippen LogP contribution in [0.5, 0.6) is 0 Å². The van der Waals surface area contributed by atoms with E-state index in [1.807, 2.05) is 0 Å². The molecule has 2 saturated heterocycles. The van der Waals surface area contributed by atoms with E-state index in [0.29, 0.717) is 6.61 Å². The molecule has 2 aliphatic heterocycles. The van der Waals surface area contributed by atoms with Crippen LogP contribution in [0.1, 0.15) is 25.7 Å². The lowest BCUT2D eigenvalue weighted by Gasteiger charge is -2.10. The number of ether oxygens (including phenoxy) is 1. The molecule has 0 amide bonds. The van der Waals surface area contributed by atoms with Crippen molar-refractivity contribution in [2.24, 2.45) is 11.8 Å². The number of hydrogen-bond donors (Lipinski definition) is 1. The van der Waals surface area contributed by atoms with Crippen molar-refractivity contribution in [1.82, 2.24) is 5.32 Å². The largest absolute Gasteiger partial charge is 0.378 e. The molecule has 5 heteroatoms. The van der Waals surface area contributed by atoms with Gasteiger partial charge >= 0.3 is 0 Å². The third-order valence-electron chi connectivity index (χ3n) is 4.06. The van der Waals surface area contributed by atoms with E-state index in [1.165, 1.54) is 0 Å². The molecule has 3 aliphatic rings. The Bertz CT molecular complexity index is 228. The molecule has 16 heavy (non-hydrogen) atoms. The number of alkyl halides is 2. The lowest BCUT2D eigenvalue weighted by molar-refractivity contribution is 0.0287. The highest BCUT2D eigenvalue weighted by molar-refractivity contribution is 5.85. The lowest BCUT2D eigenvalue weighted by atomic mass is 10.1. The summed E-state index contributed by atoms with van der Waals surface area (Å²) in [6.07, 6.45) is 3.54. The molecule has 0 spiro atoms. The SMILES string of the molecule is Cl.FC1(F)C(C2CCCN2)C1C1CCCO1. The van der Waals surface area contributed by atoms with E-state index in [1.54, 1.807) is 0 Å². The Morgan fingerprint density at radius 2 is 1.94 bits per heavy atom. The zero-order valence-corrected chi connectivity index (χ0v) is 9.94. The molecule has 0 bridgehead atoms. The molecule has 1 aliphatic carbocycles. The van der Waals surface area contributed by atoms with Crippen molar-refractivity contribution in [1.29, 1.82) is 0 Å². The van der Waals surface area contributed by atoms with Crippen LogP contribution in [-0.4, -0.2) is 31.2 Å². The molecule has 0 aromatic rings. The summed E-state index contributed by atoms with van der Waals surface area (Å²) in [7, 11) is 0. The number of halogens is 3. The van der Waals surface area contributed by atoms with Crippen LogP contribution >= 0.6 is 12.4 Å². The molecule has 2 heterocycles. The van der Waals surface area contributed by atoms with Crippen molar-refractivity contribution in [2.45, 2.75) is 43.8 Å². The van der Waals surface area contributed by atoms with Gasteiger partial charge in [0.15, 0.2) is 0 Å². The molecule has 4 unspecified atom stereocenters. The van der Waals surface area contributed by atoms with Gasteiger partial charge < -0.3 is 10.1 Å². The Balaban J connectivity index is 0.000000963. The second-order valence-corrected chi connectivity index (χ2v) is 4.98. The van der Waals surface area contributed by atoms with Gasteiger partial charge in [-0.1, -0.05) is 0 Å². The smallest absolute Gasteiger partial charge is 0.258 e. The van der Waals surface area contributed by atoms with Crippen molar-refractivity contribution in [2.75, 3.05) is 13.2 Å². The maximum atomic E-state index is 13.6. The standard InChI is InChI=1S/C11H17F2NO.ClH/c12-11(13)9(7-3-1-5-14-7)10(11)8-4-2-6-15-8;/h7-10,14H,1-6H2;1H. The van der Waals surface area contributed by atoms with E-state index in [4.69, 9.17) is 4.74 Å². The summed E-state index contributed by atoms with van der Waals surface area (Å²) in [6.45, 7) is 1.57. The quantitative estimate of drug-likeness (QED) is 0.815. The predicted molar refractivity (Wildman–Crippen MR) is 59.2 cm³/mol. The summed E-state index contributed by atoms with van der Waals surface area (Å²) >= 11 is 0. The van der Waals surface area contributed by atoms with Crippen molar-refractivity contribution in [3.8, 4) is 0 Å². The van der Waals surface area contributed by atoms with Crippen LogP contribution in [-0.2, 0) is 4.74 Å². The fraction of sp³-hybridized carbons (Fsp3) is 1.00. The van der Waals surface area contributed by atoms with Crippen molar-refractivity contribution >= 4 is 12.4 Å². The zero-order chi connectivity index (χ0) is 10.5. The summed E-state index contributed by atoms with van der Waals surface area (Å²) in [5, 5.41) is 3.19. The van der Waals surface area contributed by atoms with Crippen molar-refractivity contribution in [3.63, 3.8) is 0 Å². The van der Waals surface area contributed by atoms with Crippen LogP contribution < -0.4 is 5.32 Å². The van der Waals surface area contributed by atoms with Gasteiger partial charge in [-0.05, 0) is 32.2 Å². The average Bonchev–Trinajstić information content (AvgIpc) is 2.78. The average molecular weight is 254 g/mol. The molecule has 0 aromatic carbocycles. The molecule has 1 N–H and O–H groups in total. The van der Waals surface area contributed by atoms with Crippen molar-refractivity contribution in [3.05, 3.63) is 0 Å². The van der Waals surface area contributed by atoms with Gasteiger partial charge in [-0.3, -0.25) is 0 Å². The molecule has 3 fully saturated rings.